The van der Waals surface area contributed by atoms with Crippen LogP contribution >= 0.6 is 0 Å². The average molecular weight is 255 g/mol. The zero-order chi connectivity index (χ0) is 13.5. The molecule has 1 rings (SSSR count). The summed E-state index contributed by atoms with van der Waals surface area (Å²) in [6, 6.07) is 5.53. The Labute approximate surface area is 106 Å². The van der Waals surface area contributed by atoms with E-state index in [1.165, 1.54) is 31.4 Å². The molecule has 0 aliphatic carbocycles. The number of halogens is 1. The van der Waals surface area contributed by atoms with Crippen LogP contribution in [-0.2, 0) is 9.53 Å². The van der Waals surface area contributed by atoms with Gasteiger partial charge in [-0.15, -0.1) is 0 Å². The van der Waals surface area contributed by atoms with Crippen molar-refractivity contribution in [3.05, 3.63) is 35.6 Å². The van der Waals surface area contributed by atoms with Gasteiger partial charge in [0.25, 0.3) is 0 Å². The van der Waals surface area contributed by atoms with Crippen molar-refractivity contribution in [2.75, 3.05) is 20.3 Å². The molecule has 0 aliphatic heterocycles. The predicted octanol–water partition coefficient (Wildman–Crippen LogP) is 1.26. The van der Waals surface area contributed by atoms with Crippen molar-refractivity contribution in [3.63, 3.8) is 0 Å². The summed E-state index contributed by atoms with van der Waals surface area (Å²) in [5.74, 6) is -0.808. The quantitative estimate of drug-likeness (QED) is 0.804. The van der Waals surface area contributed by atoms with E-state index in [1.54, 1.807) is 6.92 Å². The largest absolute Gasteiger partial charge is 0.387 e. The number of benzene rings is 1. The molecule has 2 unspecified atom stereocenters. The van der Waals surface area contributed by atoms with Crippen LogP contribution in [0.3, 0.4) is 0 Å². The summed E-state index contributed by atoms with van der Waals surface area (Å²) in [5.41, 5.74) is 0.566. The molecule has 0 heterocycles. The molecule has 0 spiro atoms. The number of aliphatic hydroxyl groups is 1. The molecule has 5 heteroatoms. The van der Waals surface area contributed by atoms with Crippen LogP contribution in [0.5, 0.6) is 0 Å². The number of ether oxygens (including phenoxy) is 1. The van der Waals surface area contributed by atoms with Gasteiger partial charge < -0.3 is 15.2 Å². The topological polar surface area (TPSA) is 58.6 Å². The van der Waals surface area contributed by atoms with Crippen LogP contribution in [0, 0.1) is 11.7 Å². The van der Waals surface area contributed by atoms with Crippen LogP contribution in [0.4, 0.5) is 4.39 Å². The first-order valence-corrected chi connectivity index (χ1v) is 5.74. The Hall–Kier alpha value is -1.46. The molecule has 0 saturated heterocycles. The molecule has 0 aliphatic rings. The van der Waals surface area contributed by atoms with Gasteiger partial charge in [-0.25, -0.2) is 4.39 Å². The summed E-state index contributed by atoms with van der Waals surface area (Å²) in [5, 5.41) is 12.4. The zero-order valence-electron chi connectivity index (χ0n) is 10.5. The van der Waals surface area contributed by atoms with Crippen LogP contribution in [-0.4, -0.2) is 31.3 Å². The number of carbonyl (C=O) groups excluding carboxylic acids is 1. The highest BCUT2D eigenvalue weighted by Crippen LogP contribution is 2.12. The summed E-state index contributed by atoms with van der Waals surface area (Å²) in [6.45, 7) is 2.17. The number of hydrogen-bond acceptors (Lipinski definition) is 3. The Morgan fingerprint density at radius 3 is 2.61 bits per heavy atom. The molecule has 0 bridgehead atoms. The highest BCUT2D eigenvalue weighted by atomic mass is 19.1. The van der Waals surface area contributed by atoms with Gasteiger partial charge >= 0.3 is 0 Å². The molecular formula is C13H18FNO3. The van der Waals surface area contributed by atoms with Gasteiger partial charge in [0.1, 0.15) is 5.82 Å². The van der Waals surface area contributed by atoms with Gasteiger partial charge in [0.05, 0.1) is 18.6 Å². The summed E-state index contributed by atoms with van der Waals surface area (Å²) < 4.78 is 17.6. The van der Waals surface area contributed by atoms with Crippen molar-refractivity contribution in [1.29, 1.82) is 0 Å². The molecular weight excluding hydrogens is 237 g/mol. The lowest BCUT2D eigenvalue weighted by Crippen LogP contribution is -2.34. The highest BCUT2D eigenvalue weighted by Gasteiger charge is 2.14. The molecule has 2 N–H and O–H groups in total. The first kappa shape index (κ1) is 14.6. The van der Waals surface area contributed by atoms with E-state index in [-0.39, 0.29) is 24.2 Å². The molecule has 0 saturated carbocycles. The second kappa shape index (κ2) is 7.08. The summed E-state index contributed by atoms with van der Waals surface area (Å²) >= 11 is 0. The third-order valence-electron chi connectivity index (χ3n) is 2.59. The van der Waals surface area contributed by atoms with E-state index in [0.29, 0.717) is 12.2 Å². The summed E-state index contributed by atoms with van der Waals surface area (Å²) in [7, 11) is 1.52. The normalized spacial score (nSPS) is 14.0. The molecule has 1 aromatic rings. The van der Waals surface area contributed by atoms with Crippen molar-refractivity contribution < 1.29 is 19.0 Å². The maximum Gasteiger partial charge on any atom is 0.225 e. The van der Waals surface area contributed by atoms with Gasteiger partial charge in [-0.2, -0.15) is 0 Å². The molecule has 1 aromatic carbocycles. The minimum atomic E-state index is -0.843. The molecule has 0 fully saturated rings. The fourth-order valence-corrected chi connectivity index (χ4v) is 1.50. The molecule has 0 aromatic heterocycles. The van der Waals surface area contributed by atoms with E-state index >= 15 is 0 Å². The number of amides is 1. The van der Waals surface area contributed by atoms with Crippen LogP contribution < -0.4 is 5.32 Å². The Balaban J connectivity index is 2.43. The minimum absolute atomic E-state index is 0.0958. The van der Waals surface area contributed by atoms with Crippen LogP contribution in [0.1, 0.15) is 18.6 Å². The Bertz CT molecular complexity index is 380. The smallest absolute Gasteiger partial charge is 0.225 e. The molecule has 1 amide bonds. The lowest BCUT2D eigenvalue weighted by atomic mass is 10.1. The maximum absolute atomic E-state index is 12.7. The number of hydrogen-bond donors (Lipinski definition) is 2. The second-order valence-electron chi connectivity index (χ2n) is 4.17. The van der Waals surface area contributed by atoms with E-state index in [0.717, 1.165) is 0 Å². The standard InChI is InChI=1S/C13H18FNO3/c1-9(8-18-2)13(17)15-7-12(16)10-3-5-11(14)6-4-10/h3-6,9,12,16H,7-8H2,1-2H3,(H,15,17). The Morgan fingerprint density at radius 1 is 1.44 bits per heavy atom. The summed E-state index contributed by atoms with van der Waals surface area (Å²) in [6.07, 6.45) is -0.843. The van der Waals surface area contributed by atoms with Gasteiger partial charge in [0, 0.05) is 13.7 Å². The van der Waals surface area contributed by atoms with E-state index in [1.807, 2.05) is 0 Å². The molecule has 100 valence electrons. The number of methoxy groups -OCH3 is 1. The zero-order valence-corrected chi connectivity index (χ0v) is 10.5. The van der Waals surface area contributed by atoms with E-state index in [4.69, 9.17) is 4.74 Å². The monoisotopic (exact) mass is 255 g/mol. The number of carbonyl (C=O) groups is 1. The lowest BCUT2D eigenvalue weighted by molar-refractivity contribution is -0.126. The fraction of sp³-hybridized carbons (Fsp3) is 0.462. The molecule has 18 heavy (non-hydrogen) atoms. The van der Waals surface area contributed by atoms with Crippen molar-refractivity contribution in [1.82, 2.24) is 5.32 Å². The molecule has 2 atom stereocenters. The first-order valence-electron chi connectivity index (χ1n) is 5.74. The Kier molecular flexibility index (Phi) is 5.74. The van der Waals surface area contributed by atoms with E-state index in [9.17, 15) is 14.3 Å². The van der Waals surface area contributed by atoms with E-state index in [2.05, 4.69) is 5.32 Å². The minimum Gasteiger partial charge on any atom is -0.387 e. The van der Waals surface area contributed by atoms with E-state index < -0.39 is 6.10 Å². The first-order chi connectivity index (χ1) is 8.54. The van der Waals surface area contributed by atoms with Crippen molar-refractivity contribution in [2.45, 2.75) is 13.0 Å². The lowest BCUT2D eigenvalue weighted by Gasteiger charge is -2.15. The average Bonchev–Trinajstić information content (AvgIpc) is 2.36. The number of rotatable bonds is 6. The molecule has 0 radical (unpaired) electrons. The van der Waals surface area contributed by atoms with Crippen LogP contribution in [0.25, 0.3) is 0 Å². The number of aliphatic hydroxyl groups excluding tert-OH is 1. The van der Waals surface area contributed by atoms with Gasteiger partial charge in [0.15, 0.2) is 0 Å². The van der Waals surface area contributed by atoms with Crippen LogP contribution in [0.15, 0.2) is 24.3 Å². The molecule has 4 nitrogen and oxygen atoms in total. The van der Waals surface area contributed by atoms with Gasteiger partial charge in [-0.05, 0) is 17.7 Å². The third kappa shape index (κ3) is 4.43. The second-order valence-corrected chi connectivity index (χ2v) is 4.17. The van der Waals surface area contributed by atoms with Crippen LogP contribution in [0.2, 0.25) is 0 Å². The fourth-order valence-electron chi connectivity index (χ4n) is 1.50. The predicted molar refractivity (Wildman–Crippen MR) is 65.4 cm³/mol. The maximum atomic E-state index is 12.7. The Morgan fingerprint density at radius 2 is 2.06 bits per heavy atom. The van der Waals surface area contributed by atoms with Crippen molar-refractivity contribution in [2.24, 2.45) is 5.92 Å². The van der Waals surface area contributed by atoms with Gasteiger partial charge in [-0.3, -0.25) is 4.79 Å². The third-order valence-corrected chi connectivity index (χ3v) is 2.59. The van der Waals surface area contributed by atoms with Gasteiger partial charge in [0.2, 0.25) is 5.91 Å². The highest BCUT2D eigenvalue weighted by molar-refractivity contribution is 5.78. The number of nitrogens with one attached hydrogen (secondary N) is 1. The van der Waals surface area contributed by atoms with Crippen molar-refractivity contribution in [3.8, 4) is 0 Å². The SMILES string of the molecule is COCC(C)C(=O)NCC(O)c1ccc(F)cc1. The van der Waals surface area contributed by atoms with Crippen molar-refractivity contribution >= 4 is 5.91 Å². The summed E-state index contributed by atoms with van der Waals surface area (Å²) in [4.78, 5) is 11.6. The van der Waals surface area contributed by atoms with Gasteiger partial charge in [-0.1, -0.05) is 19.1 Å².